The molecule has 0 saturated heterocycles. The standard InChI is InChI=1S/C14H9ClF3NO.C2H6/c1-7(20)6-8-4-5-19-14(12(8)17)9-2-3-10(16)11(15)13(9)18;1-2/h2-5H,6H2,1H3;1-2H3. The number of Topliss-reactive ketones (excluding diaryl/α,β-unsaturated/α-hetero) is 1. The number of hydrogen-bond acceptors (Lipinski definition) is 2. The van der Waals surface area contributed by atoms with Crippen molar-refractivity contribution >= 4 is 17.4 Å². The van der Waals surface area contributed by atoms with E-state index in [1.165, 1.54) is 19.2 Å². The van der Waals surface area contributed by atoms with E-state index in [9.17, 15) is 18.0 Å². The monoisotopic (exact) mass is 329 g/mol. The molecule has 0 radical (unpaired) electrons. The van der Waals surface area contributed by atoms with Crippen LogP contribution >= 0.6 is 11.6 Å². The van der Waals surface area contributed by atoms with Gasteiger partial charge in [0.2, 0.25) is 0 Å². The maximum Gasteiger partial charge on any atom is 0.154 e. The Labute approximate surface area is 132 Å². The highest BCUT2D eigenvalue weighted by Gasteiger charge is 2.19. The van der Waals surface area contributed by atoms with Crippen molar-refractivity contribution in [3.05, 3.63) is 52.4 Å². The predicted octanol–water partition coefficient (Wildman–Crippen LogP) is 4.98. The molecule has 0 unspecified atom stereocenters. The normalized spacial score (nSPS) is 9.95. The highest BCUT2D eigenvalue weighted by atomic mass is 35.5. The molecule has 1 aromatic heterocycles. The zero-order valence-corrected chi connectivity index (χ0v) is 13.1. The molecule has 0 amide bonds. The Morgan fingerprint density at radius 2 is 1.77 bits per heavy atom. The van der Waals surface area contributed by atoms with Crippen LogP contribution in [0.2, 0.25) is 5.02 Å². The van der Waals surface area contributed by atoms with Gasteiger partial charge in [0.05, 0.1) is 0 Å². The van der Waals surface area contributed by atoms with Crippen molar-refractivity contribution < 1.29 is 18.0 Å². The lowest BCUT2D eigenvalue weighted by Gasteiger charge is -2.08. The van der Waals surface area contributed by atoms with Crippen molar-refractivity contribution in [3.63, 3.8) is 0 Å². The summed E-state index contributed by atoms with van der Waals surface area (Å²) in [5, 5.41) is -0.722. The smallest absolute Gasteiger partial charge is 0.154 e. The minimum absolute atomic E-state index is 0.0994. The Morgan fingerprint density at radius 3 is 2.36 bits per heavy atom. The molecule has 0 spiro atoms. The average molecular weight is 330 g/mol. The average Bonchev–Trinajstić information content (AvgIpc) is 2.49. The lowest BCUT2D eigenvalue weighted by Crippen LogP contribution is -2.03. The molecule has 1 aromatic carbocycles. The van der Waals surface area contributed by atoms with Crippen molar-refractivity contribution in [2.24, 2.45) is 0 Å². The van der Waals surface area contributed by atoms with Crippen LogP contribution in [0.4, 0.5) is 13.2 Å². The van der Waals surface area contributed by atoms with E-state index < -0.39 is 22.5 Å². The van der Waals surface area contributed by atoms with Crippen molar-refractivity contribution in [1.29, 1.82) is 0 Å². The largest absolute Gasteiger partial charge is 0.300 e. The number of nitrogens with zero attached hydrogens (tertiary/aromatic N) is 1. The van der Waals surface area contributed by atoms with E-state index in [1.54, 1.807) is 0 Å². The van der Waals surface area contributed by atoms with Gasteiger partial charge in [0.25, 0.3) is 0 Å². The fourth-order valence-corrected chi connectivity index (χ4v) is 1.95. The zero-order valence-electron chi connectivity index (χ0n) is 12.4. The Hall–Kier alpha value is -1.88. The van der Waals surface area contributed by atoms with Gasteiger partial charge in [0, 0.05) is 18.2 Å². The molecule has 0 aliphatic heterocycles. The van der Waals surface area contributed by atoms with Gasteiger partial charge < -0.3 is 0 Å². The van der Waals surface area contributed by atoms with Crippen LogP contribution in [0.3, 0.4) is 0 Å². The SMILES string of the molecule is CC.CC(=O)Cc1ccnc(-c2ccc(F)c(Cl)c2F)c1F. The minimum Gasteiger partial charge on any atom is -0.300 e. The predicted molar refractivity (Wildman–Crippen MR) is 80.3 cm³/mol. The number of hydrogen-bond donors (Lipinski definition) is 0. The third-order valence-electron chi connectivity index (χ3n) is 2.70. The second kappa shape index (κ2) is 7.94. The van der Waals surface area contributed by atoms with Crippen LogP contribution in [0.25, 0.3) is 11.3 Å². The van der Waals surface area contributed by atoms with E-state index in [0.29, 0.717) is 0 Å². The summed E-state index contributed by atoms with van der Waals surface area (Å²) in [6.07, 6.45) is 1.13. The first-order valence-corrected chi connectivity index (χ1v) is 7.06. The summed E-state index contributed by atoms with van der Waals surface area (Å²) >= 11 is 5.45. The molecule has 0 aliphatic carbocycles. The Morgan fingerprint density at radius 1 is 1.14 bits per heavy atom. The summed E-state index contributed by atoms with van der Waals surface area (Å²) in [7, 11) is 0. The maximum atomic E-state index is 14.2. The molecule has 0 fully saturated rings. The van der Waals surface area contributed by atoms with Crippen molar-refractivity contribution in [1.82, 2.24) is 4.98 Å². The van der Waals surface area contributed by atoms with Gasteiger partial charge in [-0.2, -0.15) is 0 Å². The molecule has 0 N–H and O–H groups in total. The van der Waals surface area contributed by atoms with E-state index in [4.69, 9.17) is 11.6 Å². The van der Waals surface area contributed by atoms with Crippen LogP contribution in [-0.2, 0) is 11.2 Å². The van der Waals surface area contributed by atoms with Crippen LogP contribution in [-0.4, -0.2) is 10.8 Å². The number of carbonyl (C=O) groups excluding carboxylic acids is 1. The lowest BCUT2D eigenvalue weighted by molar-refractivity contribution is -0.116. The summed E-state index contributed by atoms with van der Waals surface area (Å²) in [5.41, 5.74) is -0.454. The highest BCUT2D eigenvalue weighted by molar-refractivity contribution is 6.31. The van der Waals surface area contributed by atoms with Gasteiger partial charge >= 0.3 is 0 Å². The fraction of sp³-hybridized carbons (Fsp3) is 0.250. The van der Waals surface area contributed by atoms with E-state index in [1.807, 2.05) is 13.8 Å². The molecule has 0 atom stereocenters. The quantitative estimate of drug-likeness (QED) is 0.744. The molecular weight excluding hydrogens is 315 g/mol. The number of rotatable bonds is 3. The first-order chi connectivity index (χ1) is 10.4. The maximum absolute atomic E-state index is 14.2. The van der Waals surface area contributed by atoms with Gasteiger partial charge in [-0.15, -0.1) is 0 Å². The summed E-state index contributed by atoms with van der Waals surface area (Å²) in [6, 6.07) is 3.32. The minimum atomic E-state index is -1.09. The third kappa shape index (κ3) is 3.85. The van der Waals surface area contributed by atoms with Gasteiger partial charge in [-0.3, -0.25) is 9.78 Å². The summed E-state index contributed by atoms with van der Waals surface area (Å²) in [5.74, 6) is -3.07. The number of halogens is 4. The van der Waals surface area contributed by atoms with Gasteiger partial charge in [-0.05, 0) is 30.7 Å². The Bertz CT molecular complexity index is 689. The number of benzene rings is 1. The first-order valence-electron chi connectivity index (χ1n) is 6.68. The number of carbonyl (C=O) groups is 1. The van der Waals surface area contributed by atoms with Gasteiger partial charge in [0.15, 0.2) is 11.6 Å². The molecule has 1 heterocycles. The van der Waals surface area contributed by atoms with Crippen LogP contribution < -0.4 is 0 Å². The topological polar surface area (TPSA) is 30.0 Å². The van der Waals surface area contributed by atoms with Crippen LogP contribution in [0.1, 0.15) is 26.3 Å². The molecule has 2 aromatic rings. The Balaban J connectivity index is 0.00000116. The van der Waals surface area contributed by atoms with E-state index in [0.717, 1.165) is 12.1 Å². The second-order valence-electron chi connectivity index (χ2n) is 4.23. The van der Waals surface area contributed by atoms with Gasteiger partial charge in [-0.1, -0.05) is 25.4 Å². The van der Waals surface area contributed by atoms with E-state index in [-0.39, 0.29) is 29.0 Å². The van der Waals surface area contributed by atoms with Crippen molar-refractivity contribution in [3.8, 4) is 11.3 Å². The van der Waals surface area contributed by atoms with Crippen LogP contribution in [0, 0.1) is 17.5 Å². The zero-order chi connectivity index (χ0) is 16.9. The molecule has 118 valence electrons. The molecule has 0 saturated carbocycles. The van der Waals surface area contributed by atoms with E-state index >= 15 is 0 Å². The molecule has 0 bridgehead atoms. The molecule has 22 heavy (non-hydrogen) atoms. The van der Waals surface area contributed by atoms with Crippen LogP contribution in [0.5, 0.6) is 0 Å². The second-order valence-corrected chi connectivity index (χ2v) is 4.61. The summed E-state index contributed by atoms with van der Waals surface area (Å²) in [4.78, 5) is 14.8. The number of ketones is 1. The highest BCUT2D eigenvalue weighted by Crippen LogP contribution is 2.30. The van der Waals surface area contributed by atoms with Gasteiger partial charge in [0.1, 0.15) is 22.3 Å². The van der Waals surface area contributed by atoms with E-state index in [2.05, 4.69) is 4.98 Å². The summed E-state index contributed by atoms with van der Waals surface area (Å²) < 4.78 is 41.2. The Kier molecular flexibility index (Phi) is 6.56. The molecule has 6 heteroatoms. The molecular formula is C16H15ClF3NO. The fourth-order valence-electron chi connectivity index (χ4n) is 1.78. The van der Waals surface area contributed by atoms with Crippen molar-refractivity contribution in [2.75, 3.05) is 0 Å². The molecule has 2 rings (SSSR count). The molecule has 0 aliphatic rings. The van der Waals surface area contributed by atoms with Crippen LogP contribution in [0.15, 0.2) is 24.4 Å². The first kappa shape index (κ1) is 18.2. The third-order valence-corrected chi connectivity index (χ3v) is 3.05. The van der Waals surface area contributed by atoms with Gasteiger partial charge in [-0.25, -0.2) is 13.2 Å². The molecule has 2 nitrogen and oxygen atoms in total. The number of pyridine rings is 1. The van der Waals surface area contributed by atoms with Crippen molar-refractivity contribution in [2.45, 2.75) is 27.2 Å². The summed E-state index contributed by atoms with van der Waals surface area (Å²) in [6.45, 7) is 5.31. The lowest BCUT2D eigenvalue weighted by atomic mass is 10.0. The number of aromatic nitrogens is 1.